The minimum atomic E-state index is -0.753. The van der Waals surface area contributed by atoms with Crippen molar-refractivity contribution in [2.75, 3.05) is 32.7 Å². The summed E-state index contributed by atoms with van der Waals surface area (Å²) in [4.78, 5) is 4.51. The van der Waals surface area contributed by atoms with Crippen LogP contribution >= 0.6 is 15.9 Å². The zero-order chi connectivity index (χ0) is 14.3. The van der Waals surface area contributed by atoms with Crippen molar-refractivity contribution < 1.29 is 13.9 Å². The molecule has 3 aliphatic heterocycles. The van der Waals surface area contributed by atoms with Crippen molar-refractivity contribution in [1.82, 2.24) is 9.80 Å². The van der Waals surface area contributed by atoms with Crippen LogP contribution in [0.25, 0.3) is 0 Å². The van der Waals surface area contributed by atoms with Gasteiger partial charge in [-0.2, -0.15) is 0 Å². The summed E-state index contributed by atoms with van der Waals surface area (Å²) in [6.07, 6.45) is -0.747. The third-order valence-corrected chi connectivity index (χ3v) is 4.93. The topological polar surface area (TPSA) is 26.7 Å². The molecule has 2 bridgehead atoms. The zero-order valence-corrected chi connectivity index (χ0v) is 12.6. The van der Waals surface area contributed by atoms with E-state index in [1.54, 1.807) is 0 Å². The first-order chi connectivity index (χ1) is 9.56. The molecular weight excluding hydrogens is 330 g/mol. The van der Waals surface area contributed by atoms with Gasteiger partial charge in [-0.05, 0) is 28.1 Å². The monoisotopic (exact) mass is 346 g/mol. The molecule has 2 atom stereocenters. The number of nitrogens with zero attached hydrogens (tertiary/aromatic N) is 2. The molecule has 6 heteroatoms. The van der Waals surface area contributed by atoms with Crippen LogP contribution in [0, 0.1) is 11.6 Å². The third-order valence-electron chi connectivity index (χ3n) is 4.32. The average Bonchev–Trinajstić information content (AvgIpc) is 2.48. The Morgan fingerprint density at radius 1 is 1.25 bits per heavy atom. The van der Waals surface area contributed by atoms with E-state index in [9.17, 15) is 13.9 Å². The van der Waals surface area contributed by atoms with E-state index in [1.807, 2.05) is 0 Å². The Hall–Kier alpha value is -0.560. The lowest BCUT2D eigenvalue weighted by Gasteiger charge is -2.49. The summed E-state index contributed by atoms with van der Waals surface area (Å²) in [5, 5.41) is 10.4. The lowest BCUT2D eigenvalue weighted by molar-refractivity contribution is -0.0457. The van der Waals surface area contributed by atoms with Crippen LogP contribution in [0.15, 0.2) is 16.6 Å². The number of halogens is 3. The highest BCUT2D eigenvalue weighted by Gasteiger charge is 2.36. The van der Waals surface area contributed by atoms with Gasteiger partial charge in [-0.25, -0.2) is 8.78 Å². The van der Waals surface area contributed by atoms with Gasteiger partial charge >= 0.3 is 0 Å². The van der Waals surface area contributed by atoms with E-state index in [1.165, 1.54) is 12.1 Å². The molecule has 20 heavy (non-hydrogen) atoms. The Bertz CT molecular complexity index is 506. The fraction of sp³-hybridized carbons (Fsp3) is 0.571. The Morgan fingerprint density at radius 3 is 2.55 bits per heavy atom. The third kappa shape index (κ3) is 2.62. The fourth-order valence-corrected chi connectivity index (χ4v) is 3.50. The van der Waals surface area contributed by atoms with E-state index in [2.05, 4.69) is 25.7 Å². The second-order valence-electron chi connectivity index (χ2n) is 5.50. The van der Waals surface area contributed by atoms with Gasteiger partial charge in [0.2, 0.25) is 0 Å². The highest BCUT2D eigenvalue weighted by Crippen LogP contribution is 2.25. The predicted octanol–water partition coefficient (Wildman–Crippen LogP) is 1.63. The van der Waals surface area contributed by atoms with Crippen LogP contribution in [-0.4, -0.2) is 59.8 Å². The largest absolute Gasteiger partial charge is 0.391 e. The van der Waals surface area contributed by atoms with Gasteiger partial charge in [0.15, 0.2) is 0 Å². The maximum Gasteiger partial charge on any atom is 0.143 e. The number of benzene rings is 1. The quantitative estimate of drug-likeness (QED) is 0.842. The molecule has 3 heterocycles. The van der Waals surface area contributed by atoms with E-state index in [4.69, 9.17) is 0 Å². The molecule has 110 valence electrons. The van der Waals surface area contributed by atoms with Gasteiger partial charge in [0.05, 0.1) is 10.6 Å². The summed E-state index contributed by atoms with van der Waals surface area (Å²) in [6.45, 7) is 4.65. The Morgan fingerprint density at radius 2 is 1.95 bits per heavy atom. The van der Waals surface area contributed by atoms with Crippen molar-refractivity contribution in [2.45, 2.75) is 18.6 Å². The van der Waals surface area contributed by atoms with Crippen molar-refractivity contribution in [3.05, 3.63) is 33.8 Å². The van der Waals surface area contributed by atoms with Crippen LogP contribution in [-0.2, 0) is 6.42 Å². The highest BCUT2D eigenvalue weighted by atomic mass is 79.9. The molecule has 0 radical (unpaired) electrons. The van der Waals surface area contributed by atoms with E-state index in [0.29, 0.717) is 0 Å². The molecule has 4 rings (SSSR count). The number of hydrogen-bond acceptors (Lipinski definition) is 3. The molecule has 2 unspecified atom stereocenters. The van der Waals surface area contributed by atoms with Crippen LogP contribution in [0.5, 0.6) is 0 Å². The van der Waals surface area contributed by atoms with E-state index >= 15 is 0 Å². The summed E-state index contributed by atoms with van der Waals surface area (Å²) in [5.74, 6) is -1.21. The fourth-order valence-electron chi connectivity index (χ4n) is 3.12. The van der Waals surface area contributed by atoms with Gasteiger partial charge in [-0.1, -0.05) is 0 Å². The molecule has 0 saturated carbocycles. The standard InChI is InChI=1S/C14H17BrF2N2O/c15-10-1-2-11(16)9(14(10)17)7-13(20)12-8-18-3-5-19(12)6-4-18/h1-2,12-13,20H,3-8H2. The molecule has 3 saturated heterocycles. The molecule has 0 spiro atoms. The summed E-state index contributed by atoms with van der Waals surface area (Å²) in [5.41, 5.74) is -0.0375. The Balaban J connectivity index is 1.76. The molecule has 0 aliphatic carbocycles. The maximum atomic E-state index is 14.0. The molecule has 3 nitrogen and oxygen atoms in total. The Kier molecular flexibility index (Phi) is 4.08. The van der Waals surface area contributed by atoms with Gasteiger partial charge in [-0.3, -0.25) is 9.80 Å². The minimum Gasteiger partial charge on any atom is -0.391 e. The second-order valence-corrected chi connectivity index (χ2v) is 6.35. The van der Waals surface area contributed by atoms with E-state index < -0.39 is 17.7 Å². The van der Waals surface area contributed by atoms with Gasteiger partial charge in [0.1, 0.15) is 11.6 Å². The normalized spacial score (nSPS) is 30.5. The minimum absolute atomic E-state index is 0.00606. The first-order valence-corrected chi connectivity index (χ1v) is 7.62. The first-order valence-electron chi connectivity index (χ1n) is 6.83. The second kappa shape index (κ2) is 5.67. The van der Waals surface area contributed by atoms with Gasteiger partial charge < -0.3 is 5.11 Å². The van der Waals surface area contributed by atoms with Crippen molar-refractivity contribution >= 4 is 15.9 Å². The van der Waals surface area contributed by atoms with Crippen LogP contribution in [0.3, 0.4) is 0 Å². The van der Waals surface area contributed by atoms with Crippen LogP contribution in [0.2, 0.25) is 0 Å². The van der Waals surface area contributed by atoms with Crippen molar-refractivity contribution in [3.8, 4) is 0 Å². The number of fused-ring (bicyclic) bond motifs is 3. The van der Waals surface area contributed by atoms with Gasteiger partial charge in [0.25, 0.3) is 0 Å². The molecule has 3 fully saturated rings. The summed E-state index contributed by atoms with van der Waals surface area (Å²) < 4.78 is 27.9. The SMILES string of the molecule is OC(Cc1c(F)ccc(Br)c1F)C1CN2CCN1CC2. The molecule has 0 amide bonds. The predicted molar refractivity (Wildman–Crippen MR) is 75.6 cm³/mol. The lowest BCUT2D eigenvalue weighted by Crippen LogP contribution is -2.64. The number of piperazine rings is 3. The van der Waals surface area contributed by atoms with Gasteiger partial charge in [0, 0.05) is 50.7 Å². The molecule has 0 aromatic heterocycles. The average molecular weight is 347 g/mol. The number of aliphatic hydroxyl groups excluding tert-OH is 1. The molecule has 1 N–H and O–H groups in total. The van der Waals surface area contributed by atoms with E-state index in [-0.39, 0.29) is 22.5 Å². The smallest absolute Gasteiger partial charge is 0.143 e. The lowest BCUT2D eigenvalue weighted by atomic mass is 9.96. The van der Waals surface area contributed by atoms with Crippen molar-refractivity contribution in [3.63, 3.8) is 0 Å². The molecule has 1 aromatic rings. The maximum absolute atomic E-state index is 14.0. The van der Waals surface area contributed by atoms with E-state index in [0.717, 1.165) is 32.7 Å². The first kappa shape index (κ1) is 14.4. The molecule has 1 aromatic carbocycles. The van der Waals surface area contributed by atoms with Gasteiger partial charge in [-0.15, -0.1) is 0 Å². The number of hydrogen-bond donors (Lipinski definition) is 1. The summed E-state index contributed by atoms with van der Waals surface area (Å²) in [7, 11) is 0. The molecule has 3 aliphatic rings. The van der Waals surface area contributed by atoms with Crippen molar-refractivity contribution in [2.24, 2.45) is 0 Å². The summed E-state index contributed by atoms with van der Waals surface area (Å²) >= 11 is 3.06. The van der Waals surface area contributed by atoms with Crippen molar-refractivity contribution in [1.29, 1.82) is 0 Å². The summed E-state index contributed by atoms with van der Waals surface area (Å²) in [6, 6.07) is 2.54. The highest BCUT2D eigenvalue weighted by molar-refractivity contribution is 9.10. The zero-order valence-electron chi connectivity index (χ0n) is 11.0. The van der Waals surface area contributed by atoms with Crippen LogP contribution < -0.4 is 0 Å². The number of aliphatic hydroxyl groups is 1. The number of rotatable bonds is 3. The van der Waals surface area contributed by atoms with Crippen LogP contribution in [0.1, 0.15) is 5.56 Å². The molecular formula is C14H17BrF2N2O. The Labute approximate surface area is 125 Å². The van der Waals surface area contributed by atoms with Crippen LogP contribution in [0.4, 0.5) is 8.78 Å².